The number of amides is 1. The Kier molecular flexibility index (Phi) is 6.02. The molecule has 0 radical (unpaired) electrons. The zero-order valence-electron chi connectivity index (χ0n) is 12.4. The van der Waals surface area contributed by atoms with Gasteiger partial charge < -0.3 is 10.1 Å². The monoisotopic (exact) mass is 351 g/mol. The number of nitrogens with one attached hydrogen (secondary N) is 1. The third-order valence-electron chi connectivity index (χ3n) is 3.17. The van der Waals surface area contributed by atoms with Gasteiger partial charge in [-0.1, -0.05) is 47.5 Å². The zero-order valence-corrected chi connectivity index (χ0v) is 13.9. The minimum absolute atomic E-state index is 0.285. The summed E-state index contributed by atoms with van der Waals surface area (Å²) in [6, 6.07) is 13.3. The molecule has 0 aliphatic rings. The normalized spacial score (nSPS) is 11.6. The van der Waals surface area contributed by atoms with Crippen molar-refractivity contribution >= 4 is 35.1 Å². The van der Waals surface area contributed by atoms with Crippen molar-refractivity contribution in [2.24, 2.45) is 0 Å². The Balaban J connectivity index is 1.87. The predicted octanol–water partition coefficient (Wildman–Crippen LogP) is 4.03. The largest absolute Gasteiger partial charge is 0.452 e. The van der Waals surface area contributed by atoms with Gasteiger partial charge in [-0.25, -0.2) is 4.79 Å². The SMILES string of the molecule is C[C@H](NC(=O)COC(=O)c1ccccc1)c1ccc(Cl)c(Cl)c1. The molecule has 0 bridgehead atoms. The van der Waals surface area contributed by atoms with Crippen molar-refractivity contribution < 1.29 is 14.3 Å². The van der Waals surface area contributed by atoms with Gasteiger partial charge >= 0.3 is 5.97 Å². The molecule has 0 spiro atoms. The molecule has 120 valence electrons. The van der Waals surface area contributed by atoms with Crippen LogP contribution in [-0.4, -0.2) is 18.5 Å². The van der Waals surface area contributed by atoms with E-state index >= 15 is 0 Å². The van der Waals surface area contributed by atoms with Crippen molar-refractivity contribution in [2.45, 2.75) is 13.0 Å². The Labute approximate surface area is 144 Å². The highest BCUT2D eigenvalue weighted by atomic mass is 35.5. The van der Waals surface area contributed by atoms with E-state index in [0.717, 1.165) is 5.56 Å². The van der Waals surface area contributed by atoms with Crippen molar-refractivity contribution in [2.75, 3.05) is 6.61 Å². The van der Waals surface area contributed by atoms with Gasteiger partial charge in [0.1, 0.15) is 0 Å². The summed E-state index contributed by atoms with van der Waals surface area (Å²) in [5.41, 5.74) is 1.21. The molecular weight excluding hydrogens is 337 g/mol. The minimum Gasteiger partial charge on any atom is -0.452 e. The number of esters is 1. The quantitative estimate of drug-likeness (QED) is 0.827. The second kappa shape index (κ2) is 7.99. The molecule has 1 N–H and O–H groups in total. The molecule has 2 rings (SSSR count). The lowest BCUT2D eigenvalue weighted by Gasteiger charge is -2.15. The summed E-state index contributed by atoms with van der Waals surface area (Å²) in [7, 11) is 0. The first-order valence-corrected chi connectivity index (χ1v) is 7.69. The lowest BCUT2D eigenvalue weighted by Crippen LogP contribution is -2.31. The maximum atomic E-state index is 11.9. The maximum Gasteiger partial charge on any atom is 0.338 e. The zero-order chi connectivity index (χ0) is 16.8. The average molecular weight is 352 g/mol. The molecular formula is C17H15Cl2NO3. The fourth-order valence-electron chi connectivity index (χ4n) is 1.94. The van der Waals surface area contributed by atoms with Gasteiger partial charge in [0, 0.05) is 0 Å². The highest BCUT2D eigenvalue weighted by Crippen LogP contribution is 2.25. The molecule has 0 saturated heterocycles. The summed E-state index contributed by atoms with van der Waals surface area (Å²) in [5, 5.41) is 3.60. The van der Waals surface area contributed by atoms with E-state index in [1.165, 1.54) is 0 Å². The highest BCUT2D eigenvalue weighted by Gasteiger charge is 2.13. The molecule has 0 aliphatic carbocycles. The molecule has 1 atom stereocenters. The van der Waals surface area contributed by atoms with Gasteiger partial charge in [-0.05, 0) is 36.8 Å². The summed E-state index contributed by atoms with van der Waals surface area (Å²) >= 11 is 11.8. The summed E-state index contributed by atoms with van der Waals surface area (Å²) in [6.45, 7) is 1.45. The lowest BCUT2D eigenvalue weighted by molar-refractivity contribution is -0.124. The highest BCUT2D eigenvalue weighted by molar-refractivity contribution is 6.42. The second-order valence-corrected chi connectivity index (χ2v) is 5.72. The topological polar surface area (TPSA) is 55.4 Å². The molecule has 2 aromatic carbocycles. The maximum absolute atomic E-state index is 11.9. The summed E-state index contributed by atoms with van der Waals surface area (Å²) < 4.78 is 4.97. The summed E-state index contributed by atoms with van der Waals surface area (Å²) in [4.78, 5) is 23.6. The number of hydrogen-bond acceptors (Lipinski definition) is 3. The summed E-state index contributed by atoms with van der Waals surface area (Å²) in [5.74, 6) is -0.934. The van der Waals surface area contributed by atoms with Gasteiger partial charge in [0.2, 0.25) is 0 Å². The Morgan fingerprint density at radius 1 is 1.09 bits per heavy atom. The van der Waals surface area contributed by atoms with Crippen LogP contribution in [-0.2, 0) is 9.53 Å². The van der Waals surface area contributed by atoms with Crippen LogP contribution in [0.15, 0.2) is 48.5 Å². The molecule has 0 fully saturated rings. The first-order chi connectivity index (χ1) is 11.0. The molecule has 6 heteroatoms. The predicted molar refractivity (Wildman–Crippen MR) is 89.7 cm³/mol. The Morgan fingerprint density at radius 2 is 1.78 bits per heavy atom. The van der Waals surface area contributed by atoms with Crippen molar-refractivity contribution in [1.29, 1.82) is 0 Å². The van der Waals surface area contributed by atoms with Gasteiger partial charge in [0.25, 0.3) is 5.91 Å². The molecule has 23 heavy (non-hydrogen) atoms. The van der Waals surface area contributed by atoms with Crippen molar-refractivity contribution in [1.82, 2.24) is 5.32 Å². The molecule has 4 nitrogen and oxygen atoms in total. The third-order valence-corrected chi connectivity index (χ3v) is 3.90. The van der Waals surface area contributed by atoms with Gasteiger partial charge in [0.15, 0.2) is 6.61 Å². The molecule has 0 aliphatic heterocycles. The van der Waals surface area contributed by atoms with E-state index in [1.54, 1.807) is 55.5 Å². The number of hydrogen-bond donors (Lipinski definition) is 1. The Bertz CT molecular complexity index is 704. The number of ether oxygens (including phenoxy) is 1. The van der Waals surface area contributed by atoms with E-state index < -0.39 is 11.9 Å². The van der Waals surface area contributed by atoms with Crippen LogP contribution >= 0.6 is 23.2 Å². The molecule has 0 saturated carbocycles. The molecule has 0 unspecified atom stereocenters. The van der Waals surface area contributed by atoms with E-state index in [9.17, 15) is 9.59 Å². The first-order valence-electron chi connectivity index (χ1n) is 6.94. The number of benzene rings is 2. The number of rotatable bonds is 5. The van der Waals surface area contributed by atoms with Crippen LogP contribution in [0.1, 0.15) is 28.9 Å². The van der Waals surface area contributed by atoms with Crippen molar-refractivity contribution in [3.63, 3.8) is 0 Å². The van der Waals surface area contributed by atoms with Gasteiger partial charge in [-0.3, -0.25) is 4.79 Å². The Hall–Kier alpha value is -2.04. The smallest absolute Gasteiger partial charge is 0.338 e. The van der Waals surface area contributed by atoms with E-state index in [-0.39, 0.29) is 12.6 Å². The molecule has 2 aromatic rings. The lowest BCUT2D eigenvalue weighted by atomic mass is 10.1. The minimum atomic E-state index is -0.539. The third kappa shape index (κ3) is 4.98. The van der Waals surface area contributed by atoms with Crippen molar-refractivity contribution in [3.8, 4) is 0 Å². The van der Waals surface area contributed by atoms with E-state index in [0.29, 0.717) is 15.6 Å². The number of carbonyl (C=O) groups is 2. The fourth-order valence-corrected chi connectivity index (χ4v) is 2.24. The van der Waals surface area contributed by atoms with Gasteiger partial charge in [0.05, 0.1) is 21.7 Å². The van der Waals surface area contributed by atoms with Crippen LogP contribution < -0.4 is 5.32 Å². The second-order valence-electron chi connectivity index (χ2n) is 4.90. The molecule has 0 aromatic heterocycles. The Morgan fingerprint density at radius 3 is 2.43 bits per heavy atom. The van der Waals surface area contributed by atoms with E-state index in [2.05, 4.69) is 5.32 Å². The van der Waals surface area contributed by atoms with Crippen LogP contribution in [0.5, 0.6) is 0 Å². The molecule has 0 heterocycles. The average Bonchev–Trinajstić information content (AvgIpc) is 2.55. The standard InChI is InChI=1S/C17H15Cl2NO3/c1-11(13-7-8-14(18)15(19)9-13)20-16(21)10-23-17(22)12-5-3-2-4-6-12/h2-9,11H,10H2,1H3,(H,20,21)/t11-/m0/s1. The number of halogens is 2. The van der Waals surface area contributed by atoms with E-state index in [4.69, 9.17) is 27.9 Å². The number of carbonyl (C=O) groups excluding carboxylic acids is 2. The van der Waals surface area contributed by atoms with Gasteiger partial charge in [-0.15, -0.1) is 0 Å². The summed E-state index contributed by atoms with van der Waals surface area (Å²) in [6.07, 6.45) is 0. The van der Waals surface area contributed by atoms with Crippen LogP contribution in [0.2, 0.25) is 10.0 Å². The van der Waals surface area contributed by atoms with E-state index in [1.807, 2.05) is 0 Å². The van der Waals surface area contributed by atoms with Crippen LogP contribution in [0.4, 0.5) is 0 Å². The van der Waals surface area contributed by atoms with Crippen LogP contribution in [0.25, 0.3) is 0 Å². The van der Waals surface area contributed by atoms with Crippen LogP contribution in [0, 0.1) is 0 Å². The molecule has 1 amide bonds. The van der Waals surface area contributed by atoms with Crippen molar-refractivity contribution in [3.05, 3.63) is 69.7 Å². The van der Waals surface area contributed by atoms with Crippen LogP contribution in [0.3, 0.4) is 0 Å². The van der Waals surface area contributed by atoms with Gasteiger partial charge in [-0.2, -0.15) is 0 Å². The fraction of sp³-hybridized carbons (Fsp3) is 0.176. The first kappa shape index (κ1) is 17.3.